The third kappa shape index (κ3) is 3.85. The minimum absolute atomic E-state index is 0.0462. The molecule has 5 heterocycles. The Bertz CT molecular complexity index is 1270. The maximum absolute atomic E-state index is 11.1. The molecular weight excluding hydrogens is 420 g/mol. The largest absolute Gasteiger partial charge is 0.386 e. The molecule has 10 nitrogen and oxygen atoms in total. The average Bonchev–Trinajstić information content (AvgIpc) is 3.36. The molecule has 33 heavy (non-hydrogen) atoms. The van der Waals surface area contributed by atoms with Crippen LogP contribution in [0, 0.1) is 5.92 Å². The maximum atomic E-state index is 11.1. The number of anilines is 2. The van der Waals surface area contributed by atoms with Crippen molar-refractivity contribution in [3.63, 3.8) is 0 Å². The highest BCUT2D eigenvalue weighted by Crippen LogP contribution is 2.33. The quantitative estimate of drug-likeness (QED) is 0.503. The van der Waals surface area contributed by atoms with Crippen LogP contribution in [0.2, 0.25) is 0 Å². The topological polar surface area (TPSA) is 105 Å². The summed E-state index contributed by atoms with van der Waals surface area (Å²) in [5.41, 5.74) is 3.39. The van der Waals surface area contributed by atoms with Gasteiger partial charge in [0.1, 0.15) is 11.6 Å². The van der Waals surface area contributed by atoms with E-state index in [1.165, 1.54) is 0 Å². The van der Waals surface area contributed by atoms with E-state index in [2.05, 4.69) is 53.5 Å². The van der Waals surface area contributed by atoms with Gasteiger partial charge in [-0.15, -0.1) is 10.2 Å². The number of aliphatic hydroxyl groups excluding tert-OH is 1. The third-order valence-electron chi connectivity index (χ3n) is 6.67. The normalized spacial score (nSPS) is 20.5. The number of piperidine rings is 1. The molecule has 1 N–H and O–H groups in total. The zero-order chi connectivity index (χ0) is 22.2. The summed E-state index contributed by atoms with van der Waals surface area (Å²) in [5.74, 6) is 0.869. The summed E-state index contributed by atoms with van der Waals surface area (Å²) >= 11 is 0. The Morgan fingerprint density at radius 1 is 1.03 bits per heavy atom. The van der Waals surface area contributed by atoms with Gasteiger partial charge in [0.25, 0.3) is 0 Å². The van der Waals surface area contributed by atoms with Crippen molar-refractivity contribution in [2.75, 3.05) is 49.2 Å². The number of imidazole rings is 1. The Kier molecular flexibility index (Phi) is 5.23. The van der Waals surface area contributed by atoms with Crippen molar-refractivity contribution in [3.8, 4) is 0 Å². The molecule has 2 saturated heterocycles. The first-order valence-corrected chi connectivity index (χ1v) is 11.5. The molecule has 6 rings (SSSR count). The van der Waals surface area contributed by atoms with E-state index in [1.807, 2.05) is 12.1 Å². The van der Waals surface area contributed by atoms with Crippen LogP contribution in [-0.2, 0) is 4.74 Å². The minimum atomic E-state index is -0.659. The average molecular weight is 447 g/mol. The fourth-order valence-corrected chi connectivity index (χ4v) is 4.90. The number of morpholine rings is 1. The monoisotopic (exact) mass is 446 g/mol. The molecule has 2 atom stereocenters. The zero-order valence-corrected chi connectivity index (χ0v) is 18.3. The fraction of sp³-hybridized carbons (Fsp3) is 0.435. The van der Waals surface area contributed by atoms with Gasteiger partial charge in [-0.1, -0.05) is 0 Å². The Morgan fingerprint density at radius 3 is 2.85 bits per heavy atom. The SMILES string of the molecule is O[C@H](c1ccc2nccn2n1)[C@H]1CCCN(c2nnnc3cc(N4CCOCC4)ccc23)C1. The van der Waals surface area contributed by atoms with E-state index >= 15 is 0 Å². The lowest BCUT2D eigenvalue weighted by Crippen LogP contribution is -2.39. The fourth-order valence-electron chi connectivity index (χ4n) is 4.90. The highest BCUT2D eigenvalue weighted by atomic mass is 16.5. The van der Waals surface area contributed by atoms with E-state index in [-0.39, 0.29) is 5.92 Å². The Hall–Kier alpha value is -3.37. The van der Waals surface area contributed by atoms with Crippen LogP contribution >= 0.6 is 0 Å². The predicted octanol–water partition coefficient (Wildman–Crippen LogP) is 1.85. The summed E-state index contributed by atoms with van der Waals surface area (Å²) in [6.07, 6.45) is 4.74. The molecule has 10 heteroatoms. The van der Waals surface area contributed by atoms with Gasteiger partial charge in [0, 0.05) is 55.6 Å². The van der Waals surface area contributed by atoms with Crippen molar-refractivity contribution in [1.82, 2.24) is 30.0 Å². The van der Waals surface area contributed by atoms with Crippen molar-refractivity contribution in [3.05, 3.63) is 48.4 Å². The molecule has 2 fully saturated rings. The smallest absolute Gasteiger partial charge is 0.162 e. The highest BCUT2D eigenvalue weighted by molar-refractivity contribution is 5.91. The second-order valence-corrected chi connectivity index (χ2v) is 8.70. The van der Waals surface area contributed by atoms with Crippen LogP contribution in [-0.4, -0.2) is 74.5 Å². The number of aromatic nitrogens is 6. The number of ether oxygens (including phenoxy) is 1. The second kappa shape index (κ2) is 8.53. The van der Waals surface area contributed by atoms with E-state index in [0.717, 1.165) is 73.7 Å². The van der Waals surface area contributed by atoms with Crippen LogP contribution in [0.5, 0.6) is 0 Å². The number of hydrogen-bond acceptors (Lipinski definition) is 9. The molecule has 170 valence electrons. The lowest BCUT2D eigenvalue weighted by atomic mass is 9.90. The van der Waals surface area contributed by atoms with Gasteiger partial charge in [-0.05, 0) is 48.4 Å². The molecule has 0 spiro atoms. The first-order valence-electron chi connectivity index (χ1n) is 11.5. The van der Waals surface area contributed by atoms with Crippen LogP contribution in [0.3, 0.4) is 0 Å². The van der Waals surface area contributed by atoms with E-state index in [4.69, 9.17) is 4.74 Å². The second-order valence-electron chi connectivity index (χ2n) is 8.70. The van der Waals surface area contributed by atoms with E-state index in [0.29, 0.717) is 12.2 Å². The zero-order valence-electron chi connectivity index (χ0n) is 18.3. The van der Waals surface area contributed by atoms with Crippen LogP contribution in [0.25, 0.3) is 16.6 Å². The predicted molar refractivity (Wildman–Crippen MR) is 123 cm³/mol. The number of benzene rings is 1. The van der Waals surface area contributed by atoms with Gasteiger partial charge >= 0.3 is 0 Å². The molecule has 0 unspecified atom stereocenters. The standard InChI is InChI=1S/C23H26N8O2/c32-22(19-5-6-21-24-7-9-31(21)27-19)16-2-1-8-30(15-16)23-18-4-3-17(14-20(18)25-28-26-23)29-10-12-33-13-11-29/h3-7,9,14,16,22,32H,1-2,8,10-13,15H2/t16-,22-/m0/s1. The van der Waals surface area contributed by atoms with Crippen LogP contribution in [0.4, 0.5) is 11.5 Å². The molecule has 0 radical (unpaired) electrons. The van der Waals surface area contributed by atoms with Gasteiger partial charge in [0.2, 0.25) is 0 Å². The third-order valence-corrected chi connectivity index (χ3v) is 6.67. The summed E-state index contributed by atoms with van der Waals surface area (Å²) in [5, 5.41) is 29.4. The van der Waals surface area contributed by atoms with Crippen LogP contribution in [0.15, 0.2) is 42.7 Å². The van der Waals surface area contributed by atoms with Crippen molar-refractivity contribution >= 4 is 28.1 Å². The summed E-state index contributed by atoms with van der Waals surface area (Å²) < 4.78 is 7.17. The first kappa shape index (κ1) is 20.3. The van der Waals surface area contributed by atoms with Crippen molar-refractivity contribution in [1.29, 1.82) is 0 Å². The minimum Gasteiger partial charge on any atom is -0.386 e. The Labute approximate surface area is 190 Å². The van der Waals surface area contributed by atoms with Crippen molar-refractivity contribution < 1.29 is 9.84 Å². The van der Waals surface area contributed by atoms with Gasteiger partial charge in [0.15, 0.2) is 11.5 Å². The molecular formula is C23H26N8O2. The summed E-state index contributed by atoms with van der Waals surface area (Å²) in [7, 11) is 0. The van der Waals surface area contributed by atoms with Gasteiger partial charge in [0.05, 0.1) is 18.9 Å². The lowest BCUT2D eigenvalue weighted by molar-refractivity contribution is 0.0930. The van der Waals surface area contributed by atoms with Crippen molar-refractivity contribution in [2.24, 2.45) is 5.92 Å². The van der Waals surface area contributed by atoms with Gasteiger partial charge < -0.3 is 19.6 Å². The molecule has 0 bridgehead atoms. The van der Waals surface area contributed by atoms with Crippen molar-refractivity contribution in [2.45, 2.75) is 18.9 Å². The number of hydrogen-bond donors (Lipinski definition) is 1. The van der Waals surface area contributed by atoms with E-state index < -0.39 is 6.10 Å². The number of fused-ring (bicyclic) bond motifs is 2. The molecule has 0 saturated carbocycles. The molecule has 1 aromatic carbocycles. The van der Waals surface area contributed by atoms with Gasteiger partial charge in [-0.2, -0.15) is 5.10 Å². The lowest BCUT2D eigenvalue weighted by Gasteiger charge is -2.35. The van der Waals surface area contributed by atoms with E-state index in [1.54, 1.807) is 16.9 Å². The molecule has 3 aromatic heterocycles. The molecule has 2 aliphatic rings. The molecule has 0 aliphatic carbocycles. The number of rotatable bonds is 4. The highest BCUT2D eigenvalue weighted by Gasteiger charge is 2.30. The van der Waals surface area contributed by atoms with Crippen LogP contribution < -0.4 is 9.80 Å². The van der Waals surface area contributed by atoms with Crippen LogP contribution in [0.1, 0.15) is 24.6 Å². The maximum Gasteiger partial charge on any atom is 0.162 e. The number of aliphatic hydroxyl groups is 1. The number of nitrogens with zero attached hydrogens (tertiary/aromatic N) is 8. The molecule has 4 aromatic rings. The summed E-state index contributed by atoms with van der Waals surface area (Å²) in [6, 6.07) is 10.0. The molecule has 0 amide bonds. The van der Waals surface area contributed by atoms with E-state index in [9.17, 15) is 5.11 Å². The molecule has 2 aliphatic heterocycles. The summed E-state index contributed by atoms with van der Waals surface area (Å²) in [4.78, 5) is 8.76. The van der Waals surface area contributed by atoms with Gasteiger partial charge in [-0.3, -0.25) is 0 Å². The first-order chi connectivity index (χ1) is 16.3. The Balaban J connectivity index is 1.25. The summed E-state index contributed by atoms with van der Waals surface area (Å²) in [6.45, 7) is 4.79. The Morgan fingerprint density at radius 2 is 1.94 bits per heavy atom. The van der Waals surface area contributed by atoms with Gasteiger partial charge in [-0.25, -0.2) is 9.50 Å².